The molecule has 3 nitrogen and oxygen atoms in total. The Morgan fingerprint density at radius 3 is 2.55 bits per heavy atom. The van der Waals surface area contributed by atoms with Crippen molar-refractivity contribution in [1.29, 1.82) is 0 Å². The zero-order chi connectivity index (χ0) is 8.27. The van der Waals surface area contributed by atoms with Crippen LogP contribution in [0, 0.1) is 5.92 Å². The van der Waals surface area contributed by atoms with Crippen molar-refractivity contribution in [3.8, 4) is 0 Å². The summed E-state index contributed by atoms with van der Waals surface area (Å²) in [7, 11) is 1.03. The van der Waals surface area contributed by atoms with Gasteiger partial charge in [-0.05, 0) is 38.9 Å². The molecule has 0 amide bonds. The first-order valence-corrected chi connectivity index (χ1v) is 5.38. The maximum Gasteiger partial charge on any atom is 0.0890 e. The second kappa shape index (κ2) is 4.18. The average Bonchev–Trinajstić information content (AvgIpc) is 1.93. The minimum atomic E-state index is -1.09. The molecule has 0 unspecified atom stereocenters. The second-order valence-electron chi connectivity index (χ2n) is 3.29. The van der Waals surface area contributed by atoms with Crippen LogP contribution in [0.2, 0.25) is 0 Å². The summed E-state index contributed by atoms with van der Waals surface area (Å²) in [5.74, 6) is 1.28. The number of hydrogen-bond donors (Lipinski definition) is 1. The first-order valence-electron chi connectivity index (χ1n) is 4.00. The fraction of sp³-hybridized carbons (Fsp3) is 1.00. The number of nitrogens with zero attached hydrogens (tertiary/aromatic N) is 1. The molecule has 0 radical (unpaired) electrons. The minimum absolute atomic E-state index is 0.594. The lowest BCUT2D eigenvalue weighted by atomic mass is 10.00. The van der Waals surface area contributed by atoms with Gasteiger partial charge in [0.05, 0.1) is 11.0 Å². The summed E-state index contributed by atoms with van der Waals surface area (Å²) < 4.78 is 10.7. The van der Waals surface area contributed by atoms with Crippen molar-refractivity contribution in [3.63, 3.8) is 0 Å². The number of hydrogen-bond acceptors (Lipinski definition) is 2. The molecule has 0 saturated carbocycles. The topological polar surface area (TPSA) is 46.3 Å². The molecule has 0 aromatic carbocycles. The summed E-state index contributed by atoms with van der Waals surface area (Å²) in [5, 5.41) is 5.22. The van der Waals surface area contributed by atoms with E-state index < -0.39 is 11.0 Å². The minimum Gasteiger partial charge on any atom is -0.306 e. The molecule has 1 saturated heterocycles. The van der Waals surface area contributed by atoms with E-state index in [1.165, 1.54) is 0 Å². The summed E-state index contributed by atoms with van der Waals surface area (Å²) in [6.45, 7) is 2.25. The van der Waals surface area contributed by atoms with E-state index in [9.17, 15) is 4.21 Å². The highest BCUT2D eigenvalue weighted by Crippen LogP contribution is 2.15. The maximum absolute atomic E-state index is 10.7. The van der Waals surface area contributed by atoms with Crippen molar-refractivity contribution in [2.75, 3.05) is 25.9 Å². The van der Waals surface area contributed by atoms with Gasteiger partial charge in [-0.1, -0.05) is 0 Å². The Labute approximate surface area is 70.5 Å². The zero-order valence-electron chi connectivity index (χ0n) is 6.95. The van der Waals surface area contributed by atoms with Crippen molar-refractivity contribution in [2.45, 2.75) is 12.8 Å². The Morgan fingerprint density at radius 2 is 2.09 bits per heavy atom. The van der Waals surface area contributed by atoms with Gasteiger partial charge in [0.15, 0.2) is 0 Å². The van der Waals surface area contributed by atoms with Gasteiger partial charge in [0.1, 0.15) is 0 Å². The van der Waals surface area contributed by atoms with Gasteiger partial charge < -0.3 is 4.90 Å². The fourth-order valence-corrected chi connectivity index (χ4v) is 2.26. The van der Waals surface area contributed by atoms with Crippen molar-refractivity contribution < 1.29 is 4.21 Å². The maximum atomic E-state index is 10.7. The molecule has 2 N–H and O–H groups in total. The lowest BCUT2D eigenvalue weighted by Gasteiger charge is -2.27. The molecule has 1 atom stereocenters. The van der Waals surface area contributed by atoms with Gasteiger partial charge in [-0.15, -0.1) is 0 Å². The van der Waals surface area contributed by atoms with Crippen molar-refractivity contribution >= 4 is 11.0 Å². The highest BCUT2D eigenvalue weighted by molar-refractivity contribution is 7.82. The van der Waals surface area contributed by atoms with Gasteiger partial charge in [-0.25, -0.2) is 4.21 Å². The predicted octanol–water partition coefficient (Wildman–Crippen LogP) is -0.0494. The quantitative estimate of drug-likeness (QED) is 0.641. The van der Waals surface area contributed by atoms with E-state index in [4.69, 9.17) is 5.14 Å². The van der Waals surface area contributed by atoms with Crippen molar-refractivity contribution in [1.82, 2.24) is 4.90 Å². The van der Waals surface area contributed by atoms with Crippen LogP contribution in [0.5, 0.6) is 0 Å². The molecular weight excluding hydrogens is 160 g/mol. The normalized spacial score (nSPS) is 25.3. The molecule has 1 aliphatic heterocycles. The molecule has 66 valence electrons. The number of piperidine rings is 1. The number of likely N-dealkylation sites (tertiary alicyclic amines) is 1. The second-order valence-corrected chi connectivity index (χ2v) is 4.39. The predicted molar refractivity (Wildman–Crippen MR) is 47.4 cm³/mol. The highest BCUT2D eigenvalue weighted by Gasteiger charge is 2.17. The third-order valence-electron chi connectivity index (χ3n) is 2.24. The third-order valence-corrected chi connectivity index (χ3v) is 3.04. The summed E-state index contributed by atoms with van der Waals surface area (Å²) in [4.78, 5) is 2.30. The molecule has 0 aromatic rings. The first kappa shape index (κ1) is 9.16. The van der Waals surface area contributed by atoms with E-state index in [1.54, 1.807) is 0 Å². The molecule has 1 rings (SSSR count). The molecule has 0 aromatic heterocycles. The smallest absolute Gasteiger partial charge is 0.0890 e. The van der Waals surface area contributed by atoms with Crippen LogP contribution in [0.1, 0.15) is 12.8 Å². The van der Waals surface area contributed by atoms with Gasteiger partial charge in [-0.3, -0.25) is 5.14 Å². The van der Waals surface area contributed by atoms with Gasteiger partial charge in [0.25, 0.3) is 0 Å². The summed E-state index contributed by atoms with van der Waals surface area (Å²) in [6.07, 6.45) is 2.30. The fourth-order valence-electron chi connectivity index (χ4n) is 1.46. The van der Waals surface area contributed by atoms with Gasteiger partial charge in [0.2, 0.25) is 0 Å². The number of nitrogens with two attached hydrogens (primary N) is 1. The lowest BCUT2D eigenvalue weighted by molar-refractivity contribution is 0.232. The Kier molecular flexibility index (Phi) is 3.48. The molecular formula is C7H16N2OS. The lowest BCUT2D eigenvalue weighted by Crippen LogP contribution is -2.33. The van der Waals surface area contributed by atoms with E-state index in [1.807, 2.05) is 0 Å². The summed E-state index contributed by atoms with van der Waals surface area (Å²) >= 11 is 0. The SMILES string of the molecule is CN1CCC(C[S@](N)=O)CC1. The van der Waals surface area contributed by atoms with Crippen LogP contribution in [0.15, 0.2) is 0 Å². The van der Waals surface area contributed by atoms with Crippen LogP contribution in [0.3, 0.4) is 0 Å². The standard InChI is InChI=1S/C7H16N2OS/c1-9-4-2-7(3-5-9)6-11(8)10/h7H,2-6,8H2,1H3/t11-/m1/s1. The Balaban J connectivity index is 2.22. The summed E-state index contributed by atoms with van der Waals surface area (Å²) in [6, 6.07) is 0. The molecule has 0 aliphatic carbocycles. The molecule has 1 fully saturated rings. The first-order chi connectivity index (χ1) is 5.18. The third kappa shape index (κ3) is 3.31. The number of rotatable bonds is 2. The molecule has 0 spiro atoms. The van der Waals surface area contributed by atoms with Crippen molar-refractivity contribution in [2.24, 2.45) is 11.1 Å². The Hall–Kier alpha value is 0.0700. The largest absolute Gasteiger partial charge is 0.306 e. The highest BCUT2D eigenvalue weighted by atomic mass is 32.2. The van der Waals surface area contributed by atoms with E-state index >= 15 is 0 Å². The van der Waals surface area contributed by atoms with E-state index in [0.717, 1.165) is 25.9 Å². The van der Waals surface area contributed by atoms with Gasteiger partial charge in [-0.2, -0.15) is 0 Å². The van der Waals surface area contributed by atoms with E-state index in [0.29, 0.717) is 11.7 Å². The molecule has 1 aliphatic rings. The summed E-state index contributed by atoms with van der Waals surface area (Å²) in [5.41, 5.74) is 0. The van der Waals surface area contributed by atoms with Gasteiger partial charge in [0, 0.05) is 5.75 Å². The van der Waals surface area contributed by atoms with Crippen LogP contribution in [0.4, 0.5) is 0 Å². The average molecular weight is 176 g/mol. The van der Waals surface area contributed by atoms with Crippen LogP contribution >= 0.6 is 0 Å². The van der Waals surface area contributed by atoms with E-state index in [2.05, 4.69) is 11.9 Å². The van der Waals surface area contributed by atoms with Crippen LogP contribution < -0.4 is 5.14 Å². The van der Waals surface area contributed by atoms with Crippen LogP contribution in [-0.4, -0.2) is 35.0 Å². The molecule has 11 heavy (non-hydrogen) atoms. The molecule has 4 heteroatoms. The van der Waals surface area contributed by atoms with E-state index in [-0.39, 0.29) is 0 Å². The zero-order valence-corrected chi connectivity index (χ0v) is 7.77. The van der Waals surface area contributed by atoms with Crippen LogP contribution in [0.25, 0.3) is 0 Å². The Bertz CT molecular complexity index is 143. The monoisotopic (exact) mass is 176 g/mol. The van der Waals surface area contributed by atoms with Gasteiger partial charge >= 0.3 is 0 Å². The molecule has 0 bridgehead atoms. The molecule has 1 heterocycles. The Morgan fingerprint density at radius 1 is 1.55 bits per heavy atom. The van der Waals surface area contributed by atoms with Crippen molar-refractivity contribution in [3.05, 3.63) is 0 Å². The van der Waals surface area contributed by atoms with Crippen LogP contribution in [-0.2, 0) is 11.0 Å².